The Morgan fingerprint density at radius 1 is 1.05 bits per heavy atom. The van der Waals surface area contributed by atoms with Gasteiger partial charge < -0.3 is 14.5 Å². The summed E-state index contributed by atoms with van der Waals surface area (Å²) in [5, 5.41) is 0. The summed E-state index contributed by atoms with van der Waals surface area (Å²) in [5.41, 5.74) is 5.50. The Bertz CT molecular complexity index is 821. The van der Waals surface area contributed by atoms with Crippen LogP contribution in [0.3, 0.4) is 0 Å². The van der Waals surface area contributed by atoms with E-state index < -0.39 is 0 Å². The Morgan fingerprint density at radius 3 is 2.80 bits per heavy atom. The Labute approximate surface area is 116 Å². The number of hydrogen-bond donors (Lipinski definition) is 1. The van der Waals surface area contributed by atoms with Gasteiger partial charge in [0.1, 0.15) is 5.82 Å². The van der Waals surface area contributed by atoms with Gasteiger partial charge in [-0.25, -0.2) is 4.98 Å². The number of H-pyrrole nitrogens is 1. The number of nitrogens with one attached hydrogen (secondary N) is 1. The molecule has 1 aliphatic heterocycles. The highest BCUT2D eigenvalue weighted by atomic mass is 16.7. The smallest absolute Gasteiger partial charge is 0.231 e. The van der Waals surface area contributed by atoms with Crippen molar-refractivity contribution < 1.29 is 9.47 Å². The molecule has 3 aromatic rings. The second-order valence-electron chi connectivity index (χ2n) is 5.13. The van der Waals surface area contributed by atoms with E-state index in [1.54, 1.807) is 0 Å². The number of benzene rings is 2. The summed E-state index contributed by atoms with van der Waals surface area (Å²) in [6, 6.07) is 10.1. The van der Waals surface area contributed by atoms with Crippen molar-refractivity contribution in [2.24, 2.45) is 0 Å². The number of imidazole rings is 1. The highest BCUT2D eigenvalue weighted by Gasteiger charge is 2.15. The van der Waals surface area contributed by atoms with Crippen LogP contribution in [0, 0.1) is 13.8 Å². The molecule has 1 aromatic heterocycles. The summed E-state index contributed by atoms with van der Waals surface area (Å²) in [7, 11) is 0. The third-order valence-electron chi connectivity index (χ3n) is 3.57. The molecule has 0 fully saturated rings. The van der Waals surface area contributed by atoms with E-state index >= 15 is 0 Å². The first-order chi connectivity index (χ1) is 9.70. The molecule has 0 atom stereocenters. The van der Waals surface area contributed by atoms with Crippen molar-refractivity contribution in [1.29, 1.82) is 0 Å². The van der Waals surface area contributed by atoms with E-state index in [0.717, 1.165) is 33.9 Å². The Kier molecular flexibility index (Phi) is 2.27. The first kappa shape index (κ1) is 11.3. The minimum Gasteiger partial charge on any atom is -0.454 e. The van der Waals surface area contributed by atoms with Gasteiger partial charge in [-0.15, -0.1) is 0 Å². The zero-order chi connectivity index (χ0) is 13.7. The molecule has 100 valence electrons. The Balaban J connectivity index is 1.88. The maximum atomic E-state index is 5.41. The topological polar surface area (TPSA) is 47.1 Å². The van der Waals surface area contributed by atoms with E-state index in [-0.39, 0.29) is 6.79 Å². The van der Waals surface area contributed by atoms with Gasteiger partial charge in [0.15, 0.2) is 11.5 Å². The van der Waals surface area contributed by atoms with Gasteiger partial charge in [0.25, 0.3) is 0 Å². The van der Waals surface area contributed by atoms with Crippen molar-refractivity contribution in [2.45, 2.75) is 13.8 Å². The van der Waals surface area contributed by atoms with E-state index in [4.69, 9.17) is 14.5 Å². The zero-order valence-corrected chi connectivity index (χ0v) is 11.4. The molecule has 1 aliphatic rings. The van der Waals surface area contributed by atoms with Crippen LogP contribution in [0.5, 0.6) is 11.5 Å². The molecule has 0 spiro atoms. The lowest BCUT2D eigenvalue weighted by molar-refractivity contribution is 0.174. The first-order valence-electron chi connectivity index (χ1n) is 6.58. The number of hydrogen-bond acceptors (Lipinski definition) is 3. The fraction of sp³-hybridized carbons (Fsp3) is 0.188. The predicted octanol–water partition coefficient (Wildman–Crippen LogP) is 3.58. The van der Waals surface area contributed by atoms with Crippen molar-refractivity contribution in [3.63, 3.8) is 0 Å². The van der Waals surface area contributed by atoms with Gasteiger partial charge in [-0.05, 0) is 49.2 Å². The minimum absolute atomic E-state index is 0.289. The number of aryl methyl sites for hydroxylation is 2. The first-order valence-corrected chi connectivity index (χ1v) is 6.58. The fourth-order valence-electron chi connectivity index (χ4n) is 2.65. The highest BCUT2D eigenvalue weighted by molar-refractivity contribution is 5.83. The van der Waals surface area contributed by atoms with Crippen LogP contribution >= 0.6 is 0 Å². The largest absolute Gasteiger partial charge is 0.454 e. The highest BCUT2D eigenvalue weighted by Crippen LogP contribution is 2.35. The Hall–Kier alpha value is -2.49. The summed E-state index contributed by atoms with van der Waals surface area (Å²) in [6.07, 6.45) is 0. The van der Waals surface area contributed by atoms with Gasteiger partial charge in [0, 0.05) is 5.56 Å². The third-order valence-corrected chi connectivity index (χ3v) is 3.57. The van der Waals surface area contributed by atoms with Gasteiger partial charge >= 0.3 is 0 Å². The van der Waals surface area contributed by atoms with Gasteiger partial charge in [-0.1, -0.05) is 6.07 Å². The molecule has 0 amide bonds. The molecule has 0 radical (unpaired) electrons. The van der Waals surface area contributed by atoms with Crippen molar-refractivity contribution >= 4 is 11.0 Å². The summed E-state index contributed by atoms with van der Waals surface area (Å²) in [6.45, 7) is 4.46. The third kappa shape index (κ3) is 1.65. The van der Waals surface area contributed by atoms with Crippen molar-refractivity contribution in [1.82, 2.24) is 9.97 Å². The van der Waals surface area contributed by atoms with Crippen LogP contribution in [0.4, 0.5) is 0 Å². The van der Waals surface area contributed by atoms with Crippen LogP contribution in [0.1, 0.15) is 11.1 Å². The fourth-order valence-corrected chi connectivity index (χ4v) is 2.65. The summed E-state index contributed by atoms with van der Waals surface area (Å²) >= 11 is 0. The molecule has 0 bridgehead atoms. The van der Waals surface area contributed by atoms with Crippen molar-refractivity contribution in [3.8, 4) is 22.9 Å². The van der Waals surface area contributed by atoms with Crippen molar-refractivity contribution in [3.05, 3.63) is 41.5 Å². The SMILES string of the molecule is Cc1cc(C)c2nc(-c3ccc4c(c3)OCO4)[nH]c2c1. The zero-order valence-electron chi connectivity index (χ0n) is 11.4. The number of rotatable bonds is 1. The summed E-state index contributed by atoms with van der Waals surface area (Å²) in [5.74, 6) is 2.42. The standard InChI is InChI=1S/C16H14N2O2/c1-9-5-10(2)15-12(6-9)17-16(18-15)11-3-4-13-14(7-11)20-8-19-13/h3-7H,8H2,1-2H3,(H,17,18). The van der Waals surface area contributed by atoms with Gasteiger partial charge in [-0.3, -0.25) is 0 Å². The molecule has 0 unspecified atom stereocenters. The molecule has 2 heterocycles. The lowest BCUT2D eigenvalue weighted by Crippen LogP contribution is -1.92. The molecule has 20 heavy (non-hydrogen) atoms. The molecule has 4 nitrogen and oxygen atoms in total. The van der Waals surface area contributed by atoms with Gasteiger partial charge in [0.05, 0.1) is 11.0 Å². The second kappa shape index (κ2) is 4.00. The lowest BCUT2D eigenvalue weighted by atomic mass is 10.1. The average Bonchev–Trinajstić information content (AvgIpc) is 3.03. The molecule has 0 aliphatic carbocycles. The van der Waals surface area contributed by atoms with Crippen LogP contribution in [-0.4, -0.2) is 16.8 Å². The maximum absolute atomic E-state index is 5.41. The molecule has 4 rings (SSSR count). The predicted molar refractivity (Wildman–Crippen MR) is 77.1 cm³/mol. The van der Waals surface area contributed by atoms with Crippen LogP contribution in [0.2, 0.25) is 0 Å². The summed E-state index contributed by atoms with van der Waals surface area (Å²) < 4.78 is 10.7. The van der Waals surface area contributed by atoms with Gasteiger partial charge in [0.2, 0.25) is 6.79 Å². The average molecular weight is 266 g/mol. The number of ether oxygens (including phenoxy) is 2. The van der Waals surface area contributed by atoms with Crippen LogP contribution in [0.25, 0.3) is 22.4 Å². The summed E-state index contributed by atoms with van der Waals surface area (Å²) in [4.78, 5) is 8.07. The monoisotopic (exact) mass is 266 g/mol. The van der Waals surface area contributed by atoms with E-state index in [2.05, 4.69) is 31.0 Å². The van der Waals surface area contributed by atoms with Crippen molar-refractivity contribution in [2.75, 3.05) is 6.79 Å². The van der Waals surface area contributed by atoms with E-state index in [1.807, 2.05) is 18.2 Å². The molecule has 1 N–H and O–H groups in total. The van der Waals surface area contributed by atoms with Crippen LogP contribution in [-0.2, 0) is 0 Å². The molecular formula is C16H14N2O2. The van der Waals surface area contributed by atoms with Crippen LogP contribution < -0.4 is 9.47 Å². The number of aromatic amines is 1. The van der Waals surface area contributed by atoms with E-state index in [9.17, 15) is 0 Å². The van der Waals surface area contributed by atoms with Crippen LogP contribution in [0.15, 0.2) is 30.3 Å². The number of fused-ring (bicyclic) bond motifs is 2. The number of nitrogens with zero attached hydrogens (tertiary/aromatic N) is 1. The Morgan fingerprint density at radius 2 is 1.90 bits per heavy atom. The molecule has 2 aromatic carbocycles. The molecule has 4 heteroatoms. The quantitative estimate of drug-likeness (QED) is 0.732. The maximum Gasteiger partial charge on any atom is 0.231 e. The molecule has 0 saturated carbocycles. The molecule has 0 saturated heterocycles. The normalized spacial score (nSPS) is 13.1. The lowest BCUT2D eigenvalue weighted by Gasteiger charge is -1.99. The number of aromatic nitrogens is 2. The molecular weight excluding hydrogens is 252 g/mol. The minimum atomic E-state index is 0.289. The second-order valence-corrected chi connectivity index (χ2v) is 5.13. The van der Waals surface area contributed by atoms with Gasteiger partial charge in [-0.2, -0.15) is 0 Å². The van der Waals surface area contributed by atoms with E-state index in [1.165, 1.54) is 11.1 Å². The van der Waals surface area contributed by atoms with E-state index in [0.29, 0.717) is 0 Å².